The lowest BCUT2D eigenvalue weighted by molar-refractivity contribution is -0.126. The van der Waals surface area contributed by atoms with Gasteiger partial charge < -0.3 is 15.2 Å². The van der Waals surface area contributed by atoms with Crippen LogP contribution in [0.25, 0.3) is 0 Å². The highest BCUT2D eigenvalue weighted by molar-refractivity contribution is 5.80. The number of nitrogens with one attached hydrogen (secondary N) is 1. The number of allylic oxidation sites excluding steroid dienone is 2. The van der Waals surface area contributed by atoms with Gasteiger partial charge >= 0.3 is 0 Å². The zero-order chi connectivity index (χ0) is 17.2. The molecule has 0 aliphatic heterocycles. The highest BCUT2D eigenvalue weighted by Crippen LogP contribution is 2.26. The van der Waals surface area contributed by atoms with Gasteiger partial charge in [-0.2, -0.15) is 0 Å². The molecule has 23 heavy (non-hydrogen) atoms. The number of unbranched alkanes of at least 4 members (excludes halogenated alkanes) is 1. The largest absolute Gasteiger partial charge is 0.504 e. The maximum Gasteiger partial charge on any atom is 0.254 e. The van der Waals surface area contributed by atoms with Gasteiger partial charge in [-0.3, -0.25) is 4.79 Å². The van der Waals surface area contributed by atoms with E-state index in [0.717, 1.165) is 12.0 Å². The van der Waals surface area contributed by atoms with Crippen LogP contribution in [0.3, 0.4) is 0 Å². The van der Waals surface area contributed by atoms with Gasteiger partial charge in [-0.1, -0.05) is 32.1 Å². The molecule has 1 aromatic rings. The number of carbonyl (C=O) groups excluding carboxylic acids is 1. The summed E-state index contributed by atoms with van der Waals surface area (Å²) in [6.45, 7) is 4.36. The minimum Gasteiger partial charge on any atom is -0.504 e. The molecule has 5 heteroatoms. The number of hydrogen-bond acceptors (Lipinski definition) is 3. The van der Waals surface area contributed by atoms with Gasteiger partial charge in [0.05, 0.1) is 7.11 Å². The Labute approximate surface area is 137 Å². The number of methoxy groups -OCH3 is 1. The van der Waals surface area contributed by atoms with Crippen molar-refractivity contribution >= 4 is 5.91 Å². The monoisotopic (exact) mass is 323 g/mol. The smallest absolute Gasteiger partial charge is 0.254 e. The number of ether oxygens (including phenoxy) is 1. The minimum atomic E-state index is -1.50. The van der Waals surface area contributed by atoms with Gasteiger partial charge in [-0.25, -0.2) is 4.39 Å². The molecule has 0 bridgehead atoms. The molecule has 1 atom stereocenters. The minimum absolute atomic E-state index is 0.0281. The lowest BCUT2D eigenvalue weighted by atomic mass is 10.1. The van der Waals surface area contributed by atoms with Crippen LogP contribution < -0.4 is 10.1 Å². The first-order chi connectivity index (χ1) is 10.9. The Bertz CT molecular complexity index is 529. The number of aromatic hydroxyl groups is 1. The summed E-state index contributed by atoms with van der Waals surface area (Å²) >= 11 is 0. The normalized spacial score (nSPS) is 12.6. The van der Waals surface area contributed by atoms with Crippen molar-refractivity contribution in [3.05, 3.63) is 35.9 Å². The first-order valence-corrected chi connectivity index (χ1v) is 7.88. The molecule has 0 aliphatic carbocycles. The van der Waals surface area contributed by atoms with E-state index >= 15 is 0 Å². The summed E-state index contributed by atoms with van der Waals surface area (Å²) < 4.78 is 18.8. The van der Waals surface area contributed by atoms with E-state index in [1.54, 1.807) is 12.1 Å². The predicted molar refractivity (Wildman–Crippen MR) is 89.2 cm³/mol. The molecule has 0 saturated heterocycles. The molecule has 0 saturated carbocycles. The summed E-state index contributed by atoms with van der Waals surface area (Å²) in [7, 11) is 1.45. The van der Waals surface area contributed by atoms with Gasteiger partial charge in [0.15, 0.2) is 17.7 Å². The third-order valence-corrected chi connectivity index (χ3v) is 3.34. The Balaban J connectivity index is 2.35. The summed E-state index contributed by atoms with van der Waals surface area (Å²) in [5, 5.41) is 12.1. The Morgan fingerprint density at radius 3 is 2.83 bits per heavy atom. The van der Waals surface area contributed by atoms with E-state index in [0.29, 0.717) is 18.1 Å². The van der Waals surface area contributed by atoms with E-state index < -0.39 is 12.1 Å². The Kier molecular flexibility index (Phi) is 8.16. The molecule has 4 nitrogen and oxygen atoms in total. The van der Waals surface area contributed by atoms with Crippen molar-refractivity contribution < 1.29 is 19.0 Å². The Morgan fingerprint density at radius 2 is 2.17 bits per heavy atom. The molecule has 2 N–H and O–H groups in total. The molecule has 1 rings (SSSR count). The summed E-state index contributed by atoms with van der Waals surface area (Å²) in [5.74, 6) is 0.234. The molecule has 0 heterocycles. The maximum absolute atomic E-state index is 13.8. The Morgan fingerprint density at radius 1 is 1.43 bits per heavy atom. The van der Waals surface area contributed by atoms with Gasteiger partial charge in [0, 0.05) is 6.54 Å². The zero-order valence-electron chi connectivity index (χ0n) is 14.0. The van der Waals surface area contributed by atoms with Gasteiger partial charge in [0.1, 0.15) is 0 Å². The second-order valence-corrected chi connectivity index (χ2v) is 5.79. The van der Waals surface area contributed by atoms with Gasteiger partial charge in [-0.05, 0) is 42.9 Å². The van der Waals surface area contributed by atoms with Crippen LogP contribution in [0.15, 0.2) is 30.4 Å². The van der Waals surface area contributed by atoms with Crippen molar-refractivity contribution in [2.45, 2.75) is 45.8 Å². The molecule has 1 aromatic carbocycles. The number of phenols is 1. The lowest BCUT2D eigenvalue weighted by Crippen LogP contribution is -2.31. The summed E-state index contributed by atoms with van der Waals surface area (Å²) in [5.41, 5.74) is 0.736. The first-order valence-electron chi connectivity index (χ1n) is 7.88. The molecule has 1 amide bonds. The van der Waals surface area contributed by atoms with E-state index in [4.69, 9.17) is 4.74 Å². The number of carbonyl (C=O) groups is 1. The molecule has 0 aromatic heterocycles. The number of benzene rings is 1. The van der Waals surface area contributed by atoms with Crippen LogP contribution in [0.1, 0.15) is 38.7 Å². The van der Waals surface area contributed by atoms with Crippen LogP contribution >= 0.6 is 0 Å². The van der Waals surface area contributed by atoms with E-state index in [9.17, 15) is 14.3 Å². The molecule has 1 unspecified atom stereocenters. The molecular formula is C18H26FNO3. The number of alkyl halides is 1. The number of amides is 1. The second kappa shape index (κ2) is 9.87. The fourth-order valence-corrected chi connectivity index (χ4v) is 2.05. The van der Waals surface area contributed by atoms with Gasteiger partial charge in [-0.15, -0.1) is 0 Å². The van der Waals surface area contributed by atoms with Crippen LogP contribution in [0.4, 0.5) is 4.39 Å². The van der Waals surface area contributed by atoms with Crippen molar-refractivity contribution in [3.63, 3.8) is 0 Å². The van der Waals surface area contributed by atoms with Crippen LogP contribution in [-0.2, 0) is 11.3 Å². The van der Waals surface area contributed by atoms with E-state index in [1.165, 1.54) is 13.2 Å². The van der Waals surface area contributed by atoms with E-state index in [-0.39, 0.29) is 18.7 Å². The summed E-state index contributed by atoms with van der Waals surface area (Å²) in [6.07, 6.45) is 4.24. The van der Waals surface area contributed by atoms with Crippen molar-refractivity contribution in [2.24, 2.45) is 5.92 Å². The van der Waals surface area contributed by atoms with Crippen LogP contribution in [-0.4, -0.2) is 24.3 Å². The maximum atomic E-state index is 13.8. The molecule has 0 fully saturated rings. The fourth-order valence-electron chi connectivity index (χ4n) is 2.05. The van der Waals surface area contributed by atoms with Crippen molar-refractivity contribution in [3.8, 4) is 11.5 Å². The van der Waals surface area contributed by atoms with E-state index in [1.807, 2.05) is 6.08 Å². The SMILES string of the molecule is COc1cc(CNC(=O)C(F)CCC/C=C/C(C)C)ccc1O. The zero-order valence-corrected chi connectivity index (χ0v) is 14.0. The van der Waals surface area contributed by atoms with E-state index in [2.05, 4.69) is 25.2 Å². The second-order valence-electron chi connectivity index (χ2n) is 5.79. The summed E-state index contributed by atoms with van der Waals surface area (Å²) in [6, 6.07) is 4.75. The molecule has 0 spiro atoms. The molecule has 0 radical (unpaired) electrons. The number of hydrogen-bond donors (Lipinski definition) is 2. The lowest BCUT2D eigenvalue weighted by Gasteiger charge is -2.10. The van der Waals surface area contributed by atoms with Crippen LogP contribution in [0.5, 0.6) is 11.5 Å². The van der Waals surface area contributed by atoms with Gasteiger partial charge in [0.25, 0.3) is 5.91 Å². The van der Waals surface area contributed by atoms with Gasteiger partial charge in [0.2, 0.25) is 0 Å². The predicted octanol–water partition coefficient (Wildman–Crippen LogP) is 3.74. The number of halogens is 1. The fraction of sp³-hybridized carbons (Fsp3) is 0.500. The molecule has 0 aliphatic rings. The van der Waals surface area contributed by atoms with Crippen molar-refractivity contribution in [1.82, 2.24) is 5.32 Å². The van der Waals surface area contributed by atoms with Crippen LogP contribution in [0, 0.1) is 5.92 Å². The average Bonchev–Trinajstić information content (AvgIpc) is 2.52. The summed E-state index contributed by atoms with van der Waals surface area (Å²) in [4.78, 5) is 11.7. The first kappa shape index (κ1) is 19.0. The highest BCUT2D eigenvalue weighted by Gasteiger charge is 2.16. The topological polar surface area (TPSA) is 58.6 Å². The van der Waals surface area contributed by atoms with Crippen molar-refractivity contribution in [1.29, 1.82) is 0 Å². The van der Waals surface area contributed by atoms with Crippen molar-refractivity contribution in [2.75, 3.05) is 7.11 Å². The third-order valence-electron chi connectivity index (χ3n) is 3.34. The molecular weight excluding hydrogens is 297 g/mol. The third kappa shape index (κ3) is 7.17. The number of rotatable bonds is 9. The average molecular weight is 323 g/mol. The standard InChI is InChI=1S/C18H26FNO3/c1-13(2)7-5-4-6-8-15(19)18(22)20-12-14-9-10-16(21)17(11-14)23-3/h5,7,9-11,13,15,21H,4,6,8,12H2,1-3H3,(H,20,22)/b7-5+. The number of phenolic OH excluding ortho intramolecular Hbond substituents is 1. The Hall–Kier alpha value is -2.04. The van der Waals surface area contributed by atoms with Crippen LogP contribution in [0.2, 0.25) is 0 Å². The quantitative estimate of drug-likeness (QED) is 0.538. The molecule has 128 valence electrons. The highest BCUT2D eigenvalue weighted by atomic mass is 19.1.